The molecule has 138 valence electrons. The average Bonchev–Trinajstić information content (AvgIpc) is 2.68. The van der Waals surface area contributed by atoms with Crippen LogP contribution in [0, 0.1) is 14.9 Å². The van der Waals surface area contributed by atoms with Crippen LogP contribution < -0.4 is 10.1 Å². The number of nitriles is 1. The summed E-state index contributed by atoms with van der Waals surface area (Å²) < 4.78 is 11.0. The van der Waals surface area contributed by atoms with Gasteiger partial charge in [-0.15, -0.1) is 0 Å². The Kier molecular flexibility index (Phi) is 7.37. The highest BCUT2D eigenvalue weighted by atomic mass is 127. The number of rotatable bonds is 6. The molecule has 2 aromatic rings. The van der Waals surface area contributed by atoms with Crippen LogP contribution in [0.4, 0.5) is 5.69 Å². The lowest BCUT2D eigenvalue weighted by Gasteiger charge is -2.07. The van der Waals surface area contributed by atoms with Crippen LogP contribution in [-0.2, 0) is 9.53 Å². The number of nitrogens with zero attached hydrogens (tertiary/aromatic N) is 1. The minimum Gasteiger partial charge on any atom is -0.493 e. The average molecular weight is 476 g/mol. The van der Waals surface area contributed by atoms with E-state index in [4.69, 9.17) is 4.74 Å². The van der Waals surface area contributed by atoms with Gasteiger partial charge in [-0.1, -0.05) is 6.07 Å². The summed E-state index contributed by atoms with van der Waals surface area (Å²) in [6, 6.07) is 13.5. The first-order chi connectivity index (χ1) is 13.0. The number of anilines is 1. The molecule has 0 bridgehead atoms. The van der Waals surface area contributed by atoms with Crippen LogP contribution in [0.1, 0.15) is 22.8 Å². The molecule has 0 aliphatic heterocycles. The Labute approximate surface area is 170 Å². The van der Waals surface area contributed by atoms with Gasteiger partial charge in [0.05, 0.1) is 22.9 Å². The quantitative estimate of drug-likeness (QED) is 0.295. The van der Waals surface area contributed by atoms with Gasteiger partial charge >= 0.3 is 5.97 Å². The summed E-state index contributed by atoms with van der Waals surface area (Å²) in [6.07, 6.45) is 1.51. The maximum absolute atomic E-state index is 12.4. The molecule has 0 saturated carbocycles. The second kappa shape index (κ2) is 9.73. The number of hydrogen-bond acceptors (Lipinski definition) is 5. The smallest absolute Gasteiger partial charge is 0.337 e. The minimum absolute atomic E-state index is 0.0352. The molecule has 6 nitrogen and oxygen atoms in total. The van der Waals surface area contributed by atoms with Crippen molar-refractivity contribution < 1.29 is 19.1 Å². The van der Waals surface area contributed by atoms with Crippen molar-refractivity contribution in [1.82, 2.24) is 0 Å². The topological polar surface area (TPSA) is 88.4 Å². The number of methoxy groups -OCH3 is 1. The monoisotopic (exact) mass is 476 g/mol. The summed E-state index contributed by atoms with van der Waals surface area (Å²) in [5.74, 6) is -0.244. The molecule has 0 spiro atoms. The summed E-state index contributed by atoms with van der Waals surface area (Å²) >= 11 is 2.14. The van der Waals surface area contributed by atoms with Crippen molar-refractivity contribution in [1.29, 1.82) is 5.26 Å². The first-order valence-corrected chi connectivity index (χ1v) is 9.10. The van der Waals surface area contributed by atoms with Gasteiger partial charge < -0.3 is 14.8 Å². The van der Waals surface area contributed by atoms with Gasteiger partial charge in [-0.05, 0) is 77.6 Å². The molecule has 2 rings (SSSR count). The Morgan fingerprint density at radius 2 is 1.93 bits per heavy atom. The maximum atomic E-state index is 12.4. The van der Waals surface area contributed by atoms with Crippen LogP contribution in [0.5, 0.6) is 5.75 Å². The van der Waals surface area contributed by atoms with Crippen LogP contribution >= 0.6 is 22.6 Å². The lowest BCUT2D eigenvalue weighted by atomic mass is 10.1. The third kappa shape index (κ3) is 5.56. The Hall–Kier alpha value is -2.86. The molecule has 0 heterocycles. The van der Waals surface area contributed by atoms with E-state index in [9.17, 15) is 14.9 Å². The number of amides is 1. The lowest BCUT2D eigenvalue weighted by molar-refractivity contribution is -0.112. The molecule has 27 heavy (non-hydrogen) atoms. The molecule has 0 aliphatic rings. The Morgan fingerprint density at radius 3 is 2.48 bits per heavy atom. The third-order valence-corrected chi connectivity index (χ3v) is 4.34. The summed E-state index contributed by atoms with van der Waals surface area (Å²) in [5, 5.41) is 12.0. The van der Waals surface area contributed by atoms with E-state index in [1.165, 1.54) is 25.3 Å². The van der Waals surface area contributed by atoms with Gasteiger partial charge in [0.2, 0.25) is 0 Å². The first kappa shape index (κ1) is 20.5. The summed E-state index contributed by atoms with van der Waals surface area (Å²) in [5.41, 5.74) is 1.52. The summed E-state index contributed by atoms with van der Waals surface area (Å²) in [7, 11) is 1.30. The number of benzene rings is 2. The molecule has 0 aliphatic carbocycles. The van der Waals surface area contributed by atoms with E-state index in [2.05, 4.69) is 32.6 Å². The van der Waals surface area contributed by atoms with Gasteiger partial charge in [-0.3, -0.25) is 4.79 Å². The van der Waals surface area contributed by atoms with E-state index in [1.54, 1.807) is 24.3 Å². The van der Waals surface area contributed by atoms with Crippen LogP contribution in [0.15, 0.2) is 48.0 Å². The number of carbonyl (C=O) groups excluding carboxylic acids is 2. The molecule has 1 amide bonds. The molecule has 0 aromatic heterocycles. The van der Waals surface area contributed by atoms with E-state index < -0.39 is 11.9 Å². The predicted octanol–water partition coefficient (Wildman–Crippen LogP) is 4.02. The van der Waals surface area contributed by atoms with Crippen molar-refractivity contribution in [3.05, 3.63) is 62.7 Å². The van der Waals surface area contributed by atoms with Gasteiger partial charge in [0.1, 0.15) is 17.4 Å². The molecule has 0 atom stereocenters. The highest BCUT2D eigenvalue weighted by Crippen LogP contribution is 2.23. The van der Waals surface area contributed by atoms with Crippen molar-refractivity contribution in [2.75, 3.05) is 19.0 Å². The van der Waals surface area contributed by atoms with Gasteiger partial charge in [0, 0.05) is 5.69 Å². The third-order valence-electron chi connectivity index (χ3n) is 3.50. The molecular weight excluding hydrogens is 459 g/mol. The maximum Gasteiger partial charge on any atom is 0.337 e. The molecule has 2 aromatic carbocycles. The zero-order valence-electron chi connectivity index (χ0n) is 14.8. The van der Waals surface area contributed by atoms with Crippen molar-refractivity contribution >= 4 is 46.2 Å². The fourth-order valence-corrected chi connectivity index (χ4v) is 2.90. The van der Waals surface area contributed by atoms with Gasteiger partial charge in [0.15, 0.2) is 0 Å². The Morgan fingerprint density at radius 1 is 1.22 bits per heavy atom. The van der Waals surface area contributed by atoms with Gasteiger partial charge in [0.25, 0.3) is 5.91 Å². The minimum atomic E-state index is -0.535. The van der Waals surface area contributed by atoms with Crippen LogP contribution in [0.3, 0.4) is 0 Å². The number of carbonyl (C=O) groups is 2. The number of ether oxygens (including phenoxy) is 2. The van der Waals surface area contributed by atoms with Gasteiger partial charge in [-0.2, -0.15) is 5.26 Å². The normalized spacial score (nSPS) is 10.7. The second-order valence-corrected chi connectivity index (χ2v) is 6.48. The Bertz CT molecular complexity index is 915. The van der Waals surface area contributed by atoms with Crippen molar-refractivity contribution in [3.8, 4) is 11.8 Å². The number of nitrogens with one attached hydrogen (secondary N) is 1. The standard InChI is InChI=1S/C20H17IN2O4/c1-3-27-18-9-4-13(11-17(18)21)10-15(12-22)19(24)23-16-7-5-14(6-8-16)20(25)26-2/h4-11H,3H2,1-2H3,(H,23,24)/b15-10+. The van der Waals surface area contributed by atoms with E-state index >= 15 is 0 Å². The molecule has 7 heteroatoms. The largest absolute Gasteiger partial charge is 0.493 e. The lowest BCUT2D eigenvalue weighted by Crippen LogP contribution is -2.13. The number of esters is 1. The van der Waals surface area contributed by atoms with Gasteiger partial charge in [-0.25, -0.2) is 4.79 Å². The molecule has 0 saturated heterocycles. The van der Waals surface area contributed by atoms with E-state index in [1.807, 2.05) is 19.1 Å². The highest BCUT2D eigenvalue weighted by Gasteiger charge is 2.11. The highest BCUT2D eigenvalue weighted by molar-refractivity contribution is 14.1. The molecule has 0 unspecified atom stereocenters. The number of halogens is 1. The van der Waals surface area contributed by atoms with Crippen molar-refractivity contribution in [2.45, 2.75) is 6.92 Å². The van der Waals surface area contributed by atoms with Crippen molar-refractivity contribution in [2.24, 2.45) is 0 Å². The molecular formula is C20H17IN2O4. The fraction of sp³-hybridized carbons (Fsp3) is 0.150. The molecule has 0 fully saturated rings. The van der Waals surface area contributed by atoms with Crippen LogP contribution in [-0.4, -0.2) is 25.6 Å². The zero-order valence-corrected chi connectivity index (χ0v) is 16.9. The summed E-state index contributed by atoms with van der Waals surface area (Å²) in [6.45, 7) is 2.46. The first-order valence-electron chi connectivity index (χ1n) is 8.02. The Balaban J connectivity index is 2.16. The predicted molar refractivity (Wildman–Crippen MR) is 110 cm³/mol. The van der Waals surface area contributed by atoms with Crippen LogP contribution in [0.25, 0.3) is 6.08 Å². The number of hydrogen-bond donors (Lipinski definition) is 1. The SMILES string of the molecule is CCOc1ccc(/C=C(\C#N)C(=O)Nc2ccc(C(=O)OC)cc2)cc1I. The molecule has 1 N–H and O–H groups in total. The van der Waals surface area contributed by atoms with E-state index in [0.29, 0.717) is 17.9 Å². The van der Waals surface area contributed by atoms with E-state index in [-0.39, 0.29) is 5.57 Å². The zero-order chi connectivity index (χ0) is 19.8. The molecule has 0 radical (unpaired) electrons. The van der Waals surface area contributed by atoms with Crippen LogP contribution in [0.2, 0.25) is 0 Å². The fourth-order valence-electron chi connectivity index (χ4n) is 2.20. The second-order valence-electron chi connectivity index (χ2n) is 5.32. The van der Waals surface area contributed by atoms with Crippen molar-refractivity contribution in [3.63, 3.8) is 0 Å². The van der Waals surface area contributed by atoms with E-state index in [0.717, 1.165) is 14.9 Å². The summed E-state index contributed by atoms with van der Waals surface area (Å²) in [4.78, 5) is 23.8.